The van der Waals surface area contributed by atoms with E-state index in [-0.39, 0.29) is 21.4 Å². The molecule has 1 saturated heterocycles. The Morgan fingerprint density at radius 2 is 2.00 bits per heavy atom. The van der Waals surface area contributed by atoms with Crippen molar-refractivity contribution in [2.24, 2.45) is 0 Å². The number of carbonyl (C=O) groups is 2. The molecule has 1 fully saturated rings. The van der Waals surface area contributed by atoms with Gasteiger partial charge in [-0.05, 0) is 25.5 Å². The summed E-state index contributed by atoms with van der Waals surface area (Å²) in [6.45, 7) is 1.59. The van der Waals surface area contributed by atoms with Crippen LogP contribution in [0.5, 0.6) is 5.75 Å². The molecular weight excluding hydrogens is 461 g/mol. The largest absolute Gasteiger partial charge is 0.495 e. The number of amides is 1. The third-order valence-corrected chi connectivity index (χ3v) is 8.69. The quantitative estimate of drug-likeness (QED) is 0.589. The van der Waals surface area contributed by atoms with Gasteiger partial charge in [0.1, 0.15) is 15.6 Å². The number of hydrogen-bond donors (Lipinski definition) is 0. The van der Waals surface area contributed by atoms with Crippen LogP contribution in [0.2, 0.25) is 10.0 Å². The minimum absolute atomic E-state index is 0.0584. The minimum atomic E-state index is -3.13. The molecule has 29 heavy (non-hydrogen) atoms. The second kappa shape index (κ2) is 8.67. The first kappa shape index (κ1) is 22.1. The maximum atomic E-state index is 12.5. The Balaban J connectivity index is 1.72. The fourth-order valence-electron chi connectivity index (χ4n) is 3.30. The highest BCUT2D eigenvalue weighted by Crippen LogP contribution is 2.43. The number of carbonyl (C=O) groups excluding carboxylic acids is 2. The van der Waals surface area contributed by atoms with Gasteiger partial charge in [-0.25, -0.2) is 13.2 Å². The van der Waals surface area contributed by atoms with Crippen molar-refractivity contribution in [2.75, 3.05) is 31.8 Å². The summed E-state index contributed by atoms with van der Waals surface area (Å²) in [5, 5.41) is 1.12. The number of esters is 1. The Kier molecular flexibility index (Phi) is 6.62. The Morgan fingerprint density at radius 3 is 2.59 bits per heavy atom. The first-order valence-corrected chi connectivity index (χ1v) is 12.2. The Morgan fingerprint density at radius 1 is 1.28 bits per heavy atom. The fourth-order valence-corrected chi connectivity index (χ4v) is 6.81. The molecule has 0 radical (unpaired) electrons. The lowest BCUT2D eigenvalue weighted by Crippen LogP contribution is -2.43. The summed E-state index contributed by atoms with van der Waals surface area (Å²) < 4.78 is 34.3. The zero-order chi connectivity index (χ0) is 21.3. The van der Waals surface area contributed by atoms with Crippen molar-refractivity contribution in [3.05, 3.63) is 27.1 Å². The lowest BCUT2D eigenvalue weighted by Gasteiger charge is -2.26. The maximum absolute atomic E-state index is 12.5. The number of sulfone groups is 1. The van der Waals surface area contributed by atoms with E-state index in [0.717, 1.165) is 11.3 Å². The predicted octanol–water partition coefficient (Wildman–Crippen LogP) is 3.41. The molecule has 0 spiro atoms. The first-order chi connectivity index (χ1) is 13.7. The average Bonchev–Trinajstić information content (AvgIpc) is 3.21. The van der Waals surface area contributed by atoms with Crippen LogP contribution in [0, 0.1) is 0 Å². The Bertz CT molecular complexity index is 1070. The summed E-state index contributed by atoms with van der Waals surface area (Å²) in [4.78, 5) is 26.6. The van der Waals surface area contributed by atoms with Crippen LogP contribution in [0.15, 0.2) is 12.1 Å². The van der Waals surface area contributed by atoms with E-state index in [9.17, 15) is 18.0 Å². The monoisotopic (exact) mass is 479 g/mol. The summed E-state index contributed by atoms with van der Waals surface area (Å²) >= 11 is 13.6. The van der Waals surface area contributed by atoms with Crippen LogP contribution in [0.25, 0.3) is 10.1 Å². The van der Waals surface area contributed by atoms with Crippen LogP contribution in [0.3, 0.4) is 0 Å². The van der Waals surface area contributed by atoms with Crippen molar-refractivity contribution < 1.29 is 27.5 Å². The van der Waals surface area contributed by atoms with Gasteiger partial charge in [-0.3, -0.25) is 4.79 Å². The van der Waals surface area contributed by atoms with Gasteiger partial charge in [0.2, 0.25) is 0 Å². The van der Waals surface area contributed by atoms with Crippen LogP contribution >= 0.6 is 34.5 Å². The molecule has 2 heterocycles. The van der Waals surface area contributed by atoms with Crippen LogP contribution in [0.1, 0.15) is 23.0 Å². The molecule has 1 atom stereocenters. The van der Waals surface area contributed by atoms with E-state index in [2.05, 4.69) is 0 Å². The van der Waals surface area contributed by atoms with Crippen molar-refractivity contribution in [3.8, 4) is 5.75 Å². The molecule has 1 aliphatic heterocycles. The Hall–Kier alpha value is -1.55. The van der Waals surface area contributed by atoms with E-state index < -0.39 is 34.4 Å². The molecule has 0 bridgehead atoms. The second-order valence-corrected chi connectivity index (χ2v) is 10.5. The number of hydrogen-bond acceptors (Lipinski definition) is 7. The van der Waals surface area contributed by atoms with E-state index in [1.165, 1.54) is 12.0 Å². The van der Waals surface area contributed by atoms with Crippen LogP contribution in [-0.4, -0.2) is 63.0 Å². The van der Waals surface area contributed by atoms with Gasteiger partial charge in [-0.1, -0.05) is 23.2 Å². The molecule has 1 aromatic heterocycles. The van der Waals surface area contributed by atoms with Gasteiger partial charge in [-0.2, -0.15) is 0 Å². The van der Waals surface area contributed by atoms with Crippen molar-refractivity contribution in [1.29, 1.82) is 0 Å². The topological polar surface area (TPSA) is 90.0 Å². The summed E-state index contributed by atoms with van der Waals surface area (Å²) in [5.41, 5.74) is 0. The van der Waals surface area contributed by atoms with Crippen molar-refractivity contribution >= 4 is 66.3 Å². The number of fused-ring (bicyclic) bond motifs is 1. The van der Waals surface area contributed by atoms with Crippen LogP contribution < -0.4 is 4.74 Å². The molecule has 0 unspecified atom stereocenters. The van der Waals surface area contributed by atoms with Gasteiger partial charge in [-0.15, -0.1) is 11.3 Å². The van der Waals surface area contributed by atoms with Crippen molar-refractivity contribution in [2.45, 2.75) is 19.4 Å². The molecule has 2 aromatic rings. The van der Waals surface area contributed by atoms with Gasteiger partial charge < -0.3 is 14.4 Å². The van der Waals surface area contributed by atoms with Gasteiger partial charge in [0.05, 0.1) is 28.3 Å². The molecule has 0 N–H and O–H groups in total. The van der Waals surface area contributed by atoms with E-state index in [1.807, 2.05) is 0 Å². The molecule has 1 aliphatic rings. The molecule has 1 amide bonds. The third-order valence-electron chi connectivity index (χ3n) is 4.74. The summed E-state index contributed by atoms with van der Waals surface area (Å²) in [7, 11) is -1.64. The Labute approximate surface area is 182 Å². The lowest BCUT2D eigenvalue weighted by molar-refractivity contribution is -0.136. The molecular formula is C18H19Cl2NO6S2. The second-order valence-electron chi connectivity index (χ2n) is 6.52. The highest BCUT2D eigenvalue weighted by atomic mass is 35.5. The number of benzene rings is 1. The molecule has 1 aromatic carbocycles. The van der Waals surface area contributed by atoms with Crippen LogP contribution in [0.4, 0.5) is 0 Å². The number of nitrogens with zero attached hydrogens (tertiary/aromatic N) is 1. The van der Waals surface area contributed by atoms with E-state index in [4.69, 9.17) is 32.7 Å². The summed E-state index contributed by atoms with van der Waals surface area (Å²) in [6.07, 6.45) is 0.387. The van der Waals surface area contributed by atoms with Gasteiger partial charge in [0.25, 0.3) is 5.91 Å². The number of rotatable bonds is 6. The SMILES string of the molecule is CCN(C(=O)COC(=O)c1sc2c(Cl)c(OC)ccc2c1Cl)[C@@H]1CCS(=O)(=O)C1. The number of methoxy groups -OCH3 is 1. The molecule has 7 nitrogen and oxygen atoms in total. The van der Waals surface area contributed by atoms with E-state index in [1.54, 1.807) is 19.1 Å². The molecule has 158 valence electrons. The third kappa shape index (κ3) is 4.47. The normalized spacial score (nSPS) is 18.0. The van der Waals surface area contributed by atoms with Gasteiger partial charge in [0.15, 0.2) is 16.4 Å². The van der Waals surface area contributed by atoms with E-state index in [0.29, 0.717) is 33.8 Å². The van der Waals surface area contributed by atoms with Crippen molar-refractivity contribution in [3.63, 3.8) is 0 Å². The van der Waals surface area contributed by atoms with Crippen LogP contribution in [-0.2, 0) is 19.4 Å². The smallest absolute Gasteiger partial charge is 0.350 e. The maximum Gasteiger partial charge on any atom is 0.350 e. The highest BCUT2D eigenvalue weighted by molar-refractivity contribution is 7.91. The van der Waals surface area contributed by atoms with E-state index >= 15 is 0 Å². The summed E-state index contributed by atoms with van der Waals surface area (Å²) in [6, 6.07) is 2.95. The molecule has 0 aliphatic carbocycles. The van der Waals surface area contributed by atoms with Crippen molar-refractivity contribution in [1.82, 2.24) is 4.90 Å². The number of thiophene rings is 1. The van der Waals surface area contributed by atoms with Gasteiger partial charge in [0, 0.05) is 18.0 Å². The predicted molar refractivity (Wildman–Crippen MR) is 113 cm³/mol. The fraction of sp³-hybridized carbons (Fsp3) is 0.444. The average molecular weight is 480 g/mol. The number of ether oxygens (including phenoxy) is 2. The number of halogens is 2. The standard InChI is InChI=1S/C18H19Cl2NO6S2/c1-3-21(10-6-7-29(24,25)9-10)13(22)8-27-18(23)17-14(19)11-4-5-12(26-2)15(20)16(11)28-17/h4-5,10H,3,6-9H2,1-2H3/t10-/m1/s1. The molecule has 11 heteroatoms. The van der Waals surface area contributed by atoms with Gasteiger partial charge >= 0.3 is 5.97 Å². The molecule has 3 rings (SSSR count). The zero-order valence-corrected chi connectivity index (χ0v) is 18.9. The first-order valence-electron chi connectivity index (χ1n) is 8.80. The molecule has 0 saturated carbocycles. The summed E-state index contributed by atoms with van der Waals surface area (Å²) in [5.74, 6) is -0.738. The number of likely N-dealkylation sites (N-methyl/N-ethyl adjacent to an activating group) is 1. The zero-order valence-electron chi connectivity index (χ0n) is 15.7. The lowest BCUT2D eigenvalue weighted by atomic mass is 10.2. The minimum Gasteiger partial charge on any atom is -0.495 e. The highest BCUT2D eigenvalue weighted by Gasteiger charge is 2.34.